The fourth-order valence-electron chi connectivity index (χ4n) is 1.02. The van der Waals surface area contributed by atoms with Gasteiger partial charge in [0.25, 0.3) is 0 Å². The summed E-state index contributed by atoms with van der Waals surface area (Å²) in [7, 11) is -1.61. The molecule has 0 N–H and O–H groups in total. The van der Waals surface area contributed by atoms with Gasteiger partial charge in [-0.1, -0.05) is 34.8 Å². The Balaban J connectivity index is 2.68. The van der Waals surface area contributed by atoms with Crippen LogP contribution in [0.25, 0.3) is 0 Å². The van der Waals surface area contributed by atoms with Gasteiger partial charge in [0.1, 0.15) is 6.61 Å². The molecule has 0 aliphatic carbocycles. The molecule has 1 aliphatic heterocycles. The zero-order valence-electron chi connectivity index (χ0n) is 8.39. The van der Waals surface area contributed by atoms with Crippen molar-refractivity contribution in [3.63, 3.8) is 0 Å². The lowest BCUT2D eigenvalue weighted by Crippen LogP contribution is -2.26. The van der Waals surface area contributed by atoms with Crippen molar-refractivity contribution in [3.05, 3.63) is 0 Å². The second kappa shape index (κ2) is 5.93. The summed E-state index contributed by atoms with van der Waals surface area (Å²) < 4.78 is 40.7. The highest BCUT2D eigenvalue weighted by atomic mass is 35.6. The summed E-state index contributed by atoms with van der Waals surface area (Å²) in [4.78, 5) is 11.5. The summed E-state index contributed by atoms with van der Waals surface area (Å²) in [5.74, 6) is -1.78. The second-order valence-corrected chi connectivity index (χ2v) is 8.05. The molecule has 0 radical (unpaired) electrons. The highest BCUT2D eigenvalue weighted by molar-refractivity contribution is 8.26. The lowest BCUT2D eigenvalue weighted by atomic mass is 10.2. The van der Waals surface area contributed by atoms with Gasteiger partial charge in [-0.05, 0) is 17.1 Å². The summed E-state index contributed by atoms with van der Waals surface area (Å²) in [6, 6.07) is 0. The SMILES string of the molecule is O=C(OCC(Cl)(Cl)Cl)S1=CC(C(F)(F)F)CN1Cl. The maximum Gasteiger partial charge on any atom is 0.397 e. The van der Waals surface area contributed by atoms with Crippen LogP contribution >= 0.6 is 57.2 Å². The number of halogens is 7. The quantitative estimate of drug-likeness (QED) is 0.302. The van der Waals surface area contributed by atoms with E-state index in [9.17, 15) is 18.0 Å². The van der Waals surface area contributed by atoms with E-state index in [4.69, 9.17) is 46.6 Å². The average molecular weight is 367 g/mol. The first-order valence-corrected chi connectivity index (χ1v) is 7.04. The minimum Gasteiger partial charge on any atom is -0.452 e. The molecule has 1 heterocycles. The molecule has 3 nitrogen and oxygen atoms in total. The monoisotopic (exact) mass is 365 g/mol. The number of hydrogen-bond acceptors (Lipinski definition) is 3. The van der Waals surface area contributed by atoms with Crippen molar-refractivity contribution >= 4 is 67.9 Å². The third-order valence-electron chi connectivity index (χ3n) is 1.79. The number of ether oxygens (including phenoxy) is 1. The summed E-state index contributed by atoms with van der Waals surface area (Å²) in [5, 5.41) is -0.184. The fourth-order valence-corrected chi connectivity index (χ4v) is 3.09. The smallest absolute Gasteiger partial charge is 0.397 e. The van der Waals surface area contributed by atoms with Crippen LogP contribution in [0.15, 0.2) is 0 Å². The molecule has 2 unspecified atom stereocenters. The summed E-state index contributed by atoms with van der Waals surface area (Å²) in [6.07, 6.45) is -4.45. The van der Waals surface area contributed by atoms with Gasteiger partial charge in [-0.3, -0.25) is 0 Å². The molecule has 0 fully saturated rings. The molecule has 0 saturated heterocycles. The first-order chi connectivity index (χ1) is 8.00. The minimum absolute atomic E-state index is 0.517. The maximum atomic E-state index is 12.4. The molecule has 0 spiro atoms. The van der Waals surface area contributed by atoms with Crippen molar-refractivity contribution in [2.45, 2.75) is 9.97 Å². The second-order valence-electron chi connectivity index (χ2n) is 3.25. The van der Waals surface area contributed by atoms with Gasteiger partial charge in [-0.25, -0.2) is 4.79 Å². The zero-order valence-corrected chi connectivity index (χ0v) is 12.2. The van der Waals surface area contributed by atoms with E-state index < -0.39 is 45.0 Å². The van der Waals surface area contributed by atoms with E-state index in [2.05, 4.69) is 4.74 Å². The Kier molecular flexibility index (Phi) is 5.49. The normalized spacial score (nSPS) is 25.9. The molecule has 0 aromatic carbocycles. The average Bonchev–Trinajstić information content (AvgIpc) is 2.55. The molecule has 0 aromatic rings. The van der Waals surface area contributed by atoms with E-state index in [0.717, 1.165) is 9.19 Å². The van der Waals surface area contributed by atoms with Crippen molar-refractivity contribution in [1.82, 2.24) is 3.82 Å². The van der Waals surface area contributed by atoms with E-state index in [1.54, 1.807) is 0 Å². The molecule has 106 valence electrons. The van der Waals surface area contributed by atoms with E-state index in [1.807, 2.05) is 0 Å². The Bertz CT molecular complexity index is 371. The van der Waals surface area contributed by atoms with Gasteiger partial charge in [-0.15, -0.1) is 0 Å². The van der Waals surface area contributed by atoms with Crippen LogP contribution in [-0.2, 0) is 4.74 Å². The lowest BCUT2D eigenvalue weighted by Gasteiger charge is -2.15. The van der Waals surface area contributed by atoms with E-state index in [1.165, 1.54) is 0 Å². The summed E-state index contributed by atoms with van der Waals surface area (Å²) in [6.45, 7) is -1.08. The van der Waals surface area contributed by atoms with Gasteiger partial charge in [0, 0.05) is 17.2 Å². The Morgan fingerprint density at radius 3 is 2.39 bits per heavy atom. The van der Waals surface area contributed by atoms with Crippen LogP contribution in [-0.4, -0.2) is 37.6 Å². The lowest BCUT2D eigenvalue weighted by molar-refractivity contribution is -0.152. The topological polar surface area (TPSA) is 29.5 Å². The number of hydrogen-bond donors (Lipinski definition) is 0. The van der Waals surface area contributed by atoms with Gasteiger partial charge in [0.05, 0.1) is 5.92 Å². The molecule has 18 heavy (non-hydrogen) atoms. The first-order valence-electron chi connectivity index (χ1n) is 4.32. The Morgan fingerprint density at radius 2 is 2.00 bits per heavy atom. The van der Waals surface area contributed by atoms with Crippen LogP contribution in [0.5, 0.6) is 0 Å². The number of nitrogens with zero attached hydrogens (tertiary/aromatic N) is 1. The zero-order chi connectivity index (χ0) is 14.1. The largest absolute Gasteiger partial charge is 0.452 e. The van der Waals surface area contributed by atoms with Gasteiger partial charge in [0.15, 0.2) is 0 Å². The van der Waals surface area contributed by atoms with Gasteiger partial charge < -0.3 is 4.74 Å². The highest BCUT2D eigenvalue weighted by Crippen LogP contribution is 2.39. The Hall–Kier alpha value is 0.600. The predicted octanol–water partition coefficient (Wildman–Crippen LogP) is 4.13. The van der Waals surface area contributed by atoms with Crippen molar-refractivity contribution in [2.75, 3.05) is 13.2 Å². The predicted molar refractivity (Wildman–Crippen MR) is 67.4 cm³/mol. The molecule has 0 amide bonds. The van der Waals surface area contributed by atoms with Crippen LogP contribution < -0.4 is 0 Å². The number of rotatable bonds is 1. The van der Waals surface area contributed by atoms with Gasteiger partial charge in [-0.2, -0.15) is 17.0 Å². The Labute approximate surface area is 123 Å². The fraction of sp³-hybridized carbons (Fsp3) is 0.714. The maximum absolute atomic E-state index is 12.4. The number of carbonyl (C=O) groups is 1. The molecule has 0 bridgehead atoms. The van der Waals surface area contributed by atoms with Crippen molar-refractivity contribution in [1.29, 1.82) is 0 Å². The van der Waals surface area contributed by atoms with Crippen LogP contribution in [0.3, 0.4) is 0 Å². The van der Waals surface area contributed by atoms with Crippen molar-refractivity contribution < 1.29 is 22.7 Å². The number of alkyl halides is 6. The van der Waals surface area contributed by atoms with Crippen LogP contribution in [0.1, 0.15) is 0 Å². The van der Waals surface area contributed by atoms with Crippen LogP contribution in [0, 0.1) is 5.92 Å². The van der Waals surface area contributed by atoms with Gasteiger partial charge in [0.2, 0.25) is 3.79 Å². The molecular weight excluding hydrogens is 361 g/mol. The third-order valence-corrected chi connectivity index (χ3v) is 4.32. The van der Waals surface area contributed by atoms with E-state index in [-0.39, 0.29) is 0 Å². The Morgan fingerprint density at radius 1 is 1.44 bits per heavy atom. The molecule has 2 atom stereocenters. The van der Waals surface area contributed by atoms with E-state index >= 15 is 0 Å². The summed E-state index contributed by atoms with van der Waals surface area (Å²) >= 11 is 21.6. The molecule has 1 rings (SSSR count). The summed E-state index contributed by atoms with van der Waals surface area (Å²) in [5.41, 5.74) is 0. The van der Waals surface area contributed by atoms with Crippen LogP contribution in [0.2, 0.25) is 0 Å². The highest BCUT2D eigenvalue weighted by Gasteiger charge is 2.44. The first kappa shape index (κ1) is 16.7. The molecular formula is C7H6Cl4F3NO2S. The van der Waals surface area contributed by atoms with Crippen molar-refractivity contribution in [2.24, 2.45) is 5.92 Å². The molecule has 0 aromatic heterocycles. The standard InChI is InChI=1S/C7H6Cl4F3NO2S/c8-6(9,10)3-17-5(16)18-2-4(1-15(18)11)7(12,13)14/h2,4H,1,3H2. The molecule has 0 saturated carbocycles. The van der Waals surface area contributed by atoms with Crippen molar-refractivity contribution in [3.8, 4) is 0 Å². The minimum atomic E-state index is -4.45. The van der Waals surface area contributed by atoms with E-state index in [0.29, 0.717) is 0 Å². The third kappa shape index (κ3) is 4.94. The van der Waals surface area contributed by atoms with Crippen LogP contribution in [0.4, 0.5) is 18.0 Å². The molecule has 11 heteroatoms. The van der Waals surface area contributed by atoms with Gasteiger partial charge >= 0.3 is 11.5 Å². The molecule has 1 aliphatic rings. The number of carbonyl (C=O) groups excluding carboxylic acids is 1.